The van der Waals surface area contributed by atoms with Crippen molar-refractivity contribution in [2.45, 2.75) is 26.8 Å². The summed E-state index contributed by atoms with van der Waals surface area (Å²) in [7, 11) is 0. The molecule has 82 valence electrons. The third-order valence-electron chi connectivity index (χ3n) is 2.17. The molecule has 1 unspecified atom stereocenters. The highest BCUT2D eigenvalue weighted by atomic mass is 35.5. The number of thiophene rings is 1. The van der Waals surface area contributed by atoms with E-state index >= 15 is 0 Å². The topological polar surface area (TPSA) is 35.8 Å². The molecule has 0 bridgehead atoms. The molecule has 0 fully saturated rings. The van der Waals surface area contributed by atoms with Gasteiger partial charge in [0.2, 0.25) is 0 Å². The zero-order valence-corrected chi connectivity index (χ0v) is 10.7. The molecule has 1 aromatic heterocycles. The molecular weight excluding hydrogens is 228 g/mol. The summed E-state index contributed by atoms with van der Waals surface area (Å²) in [5, 5.41) is 12.2. The molecule has 0 spiro atoms. The van der Waals surface area contributed by atoms with E-state index in [2.05, 4.69) is 18.3 Å². The van der Waals surface area contributed by atoms with E-state index in [9.17, 15) is 0 Å². The minimum Gasteiger partial charge on any atom is -0.308 e. The van der Waals surface area contributed by atoms with Gasteiger partial charge in [0.1, 0.15) is 0 Å². The second-order valence-electron chi connectivity index (χ2n) is 4.24. The fourth-order valence-corrected chi connectivity index (χ4v) is 2.20. The third-order valence-corrected chi connectivity index (χ3v) is 3.59. The molecule has 1 heterocycles. The average molecular weight is 243 g/mol. The van der Waals surface area contributed by atoms with E-state index < -0.39 is 0 Å². The van der Waals surface area contributed by atoms with E-state index in [1.165, 1.54) is 4.88 Å². The van der Waals surface area contributed by atoms with Gasteiger partial charge < -0.3 is 5.32 Å². The molecule has 0 aromatic carbocycles. The standard InChI is InChI=1S/C11H15ClN2S/c1-8(9-4-5-10(12)15-9)14-7-11(2,3)6-13/h4-5,8,14H,7H2,1-3H3. The molecule has 0 saturated carbocycles. The van der Waals surface area contributed by atoms with Crippen molar-refractivity contribution in [3.8, 4) is 6.07 Å². The highest BCUT2D eigenvalue weighted by Crippen LogP contribution is 2.27. The van der Waals surface area contributed by atoms with Crippen molar-refractivity contribution in [2.75, 3.05) is 6.54 Å². The minimum atomic E-state index is -0.324. The number of rotatable bonds is 4. The smallest absolute Gasteiger partial charge is 0.0931 e. The Morgan fingerprint density at radius 3 is 2.73 bits per heavy atom. The van der Waals surface area contributed by atoms with Crippen molar-refractivity contribution in [1.82, 2.24) is 5.32 Å². The first-order chi connectivity index (χ1) is 6.94. The number of nitriles is 1. The summed E-state index contributed by atoms with van der Waals surface area (Å²) in [6.45, 7) is 6.61. The molecule has 0 radical (unpaired) electrons. The van der Waals surface area contributed by atoms with Crippen molar-refractivity contribution < 1.29 is 0 Å². The van der Waals surface area contributed by atoms with E-state index in [1.54, 1.807) is 11.3 Å². The van der Waals surface area contributed by atoms with Gasteiger partial charge >= 0.3 is 0 Å². The van der Waals surface area contributed by atoms with Crippen LogP contribution in [0.4, 0.5) is 0 Å². The van der Waals surface area contributed by atoms with Crippen LogP contribution in [0.1, 0.15) is 31.7 Å². The Kier molecular flexibility index (Phi) is 4.15. The Balaban J connectivity index is 2.51. The van der Waals surface area contributed by atoms with E-state index in [0.717, 1.165) is 4.34 Å². The monoisotopic (exact) mass is 242 g/mol. The first-order valence-corrected chi connectivity index (χ1v) is 6.04. The lowest BCUT2D eigenvalue weighted by atomic mass is 9.95. The number of hydrogen-bond acceptors (Lipinski definition) is 3. The predicted molar refractivity (Wildman–Crippen MR) is 65.1 cm³/mol. The molecule has 1 aromatic rings. The Morgan fingerprint density at radius 2 is 2.27 bits per heavy atom. The van der Waals surface area contributed by atoms with Crippen LogP contribution in [0.3, 0.4) is 0 Å². The second-order valence-corrected chi connectivity index (χ2v) is 5.99. The maximum Gasteiger partial charge on any atom is 0.0931 e. The van der Waals surface area contributed by atoms with Crippen LogP contribution in [0.2, 0.25) is 4.34 Å². The van der Waals surface area contributed by atoms with Gasteiger partial charge in [0.25, 0.3) is 0 Å². The lowest BCUT2D eigenvalue weighted by molar-refractivity contribution is 0.417. The van der Waals surface area contributed by atoms with Crippen LogP contribution in [-0.4, -0.2) is 6.54 Å². The van der Waals surface area contributed by atoms with Gasteiger partial charge in [0, 0.05) is 17.5 Å². The molecule has 1 rings (SSSR count). The lowest BCUT2D eigenvalue weighted by Crippen LogP contribution is -2.29. The summed E-state index contributed by atoms with van der Waals surface area (Å²) < 4.78 is 0.804. The van der Waals surface area contributed by atoms with Crippen LogP contribution < -0.4 is 5.32 Å². The molecule has 4 heteroatoms. The molecule has 0 amide bonds. The van der Waals surface area contributed by atoms with Crippen LogP contribution in [0.5, 0.6) is 0 Å². The maximum absolute atomic E-state index is 8.87. The van der Waals surface area contributed by atoms with Crippen LogP contribution in [-0.2, 0) is 0 Å². The molecule has 0 aliphatic rings. The summed E-state index contributed by atoms with van der Waals surface area (Å²) in [6.07, 6.45) is 0. The predicted octanol–water partition coefficient (Wildman–Crippen LogP) is 3.60. The molecule has 1 N–H and O–H groups in total. The number of halogens is 1. The van der Waals surface area contributed by atoms with Gasteiger partial charge in [-0.05, 0) is 32.9 Å². The van der Waals surface area contributed by atoms with Crippen LogP contribution in [0.25, 0.3) is 0 Å². The van der Waals surface area contributed by atoms with Crippen LogP contribution in [0.15, 0.2) is 12.1 Å². The molecule has 2 nitrogen and oxygen atoms in total. The third kappa shape index (κ3) is 3.83. The highest BCUT2D eigenvalue weighted by molar-refractivity contribution is 7.16. The van der Waals surface area contributed by atoms with Crippen molar-refractivity contribution in [3.63, 3.8) is 0 Å². The van der Waals surface area contributed by atoms with Crippen molar-refractivity contribution in [1.29, 1.82) is 5.26 Å². The second kappa shape index (κ2) is 4.98. The largest absolute Gasteiger partial charge is 0.308 e. The Hall–Kier alpha value is -0.560. The lowest BCUT2D eigenvalue weighted by Gasteiger charge is -2.19. The maximum atomic E-state index is 8.87. The summed E-state index contributed by atoms with van der Waals surface area (Å²) in [6, 6.07) is 6.43. The van der Waals surface area contributed by atoms with E-state index in [4.69, 9.17) is 16.9 Å². The number of nitrogens with one attached hydrogen (secondary N) is 1. The van der Waals surface area contributed by atoms with Crippen molar-refractivity contribution >= 4 is 22.9 Å². The normalized spacial score (nSPS) is 13.5. The average Bonchev–Trinajstić information content (AvgIpc) is 2.61. The van der Waals surface area contributed by atoms with Crippen LogP contribution in [0, 0.1) is 16.7 Å². The molecular formula is C11H15ClN2S. The molecule has 0 saturated heterocycles. The van der Waals surface area contributed by atoms with Gasteiger partial charge in [-0.1, -0.05) is 11.6 Å². The van der Waals surface area contributed by atoms with Gasteiger partial charge in [-0.25, -0.2) is 0 Å². The summed E-state index contributed by atoms with van der Waals surface area (Å²) in [5.74, 6) is 0. The van der Waals surface area contributed by atoms with Gasteiger partial charge in [-0.15, -0.1) is 11.3 Å². The summed E-state index contributed by atoms with van der Waals surface area (Å²) >= 11 is 7.43. The Labute approximate surface area is 99.9 Å². The number of hydrogen-bond donors (Lipinski definition) is 1. The zero-order valence-electron chi connectivity index (χ0n) is 9.17. The van der Waals surface area contributed by atoms with E-state index in [0.29, 0.717) is 6.54 Å². The summed E-state index contributed by atoms with van der Waals surface area (Å²) in [4.78, 5) is 1.20. The molecule has 0 aliphatic heterocycles. The Bertz CT molecular complexity index is 365. The van der Waals surface area contributed by atoms with Crippen LogP contribution >= 0.6 is 22.9 Å². The van der Waals surface area contributed by atoms with Crippen molar-refractivity contribution in [3.05, 3.63) is 21.3 Å². The van der Waals surface area contributed by atoms with Gasteiger partial charge in [0.15, 0.2) is 0 Å². The molecule has 0 aliphatic carbocycles. The zero-order chi connectivity index (χ0) is 11.5. The van der Waals surface area contributed by atoms with Gasteiger partial charge in [-0.3, -0.25) is 0 Å². The molecule has 15 heavy (non-hydrogen) atoms. The van der Waals surface area contributed by atoms with Crippen molar-refractivity contribution in [2.24, 2.45) is 5.41 Å². The first kappa shape index (κ1) is 12.5. The number of nitrogens with zero attached hydrogens (tertiary/aromatic N) is 1. The van der Waals surface area contributed by atoms with E-state index in [-0.39, 0.29) is 11.5 Å². The fourth-order valence-electron chi connectivity index (χ4n) is 1.11. The quantitative estimate of drug-likeness (QED) is 0.876. The summed E-state index contributed by atoms with van der Waals surface area (Å²) in [5.41, 5.74) is -0.324. The van der Waals surface area contributed by atoms with E-state index in [1.807, 2.05) is 26.0 Å². The first-order valence-electron chi connectivity index (χ1n) is 4.84. The fraction of sp³-hybridized carbons (Fsp3) is 0.545. The Morgan fingerprint density at radius 1 is 1.60 bits per heavy atom. The SMILES string of the molecule is CC(NCC(C)(C)C#N)c1ccc(Cl)s1. The van der Waals surface area contributed by atoms with Gasteiger partial charge in [0.05, 0.1) is 15.8 Å². The van der Waals surface area contributed by atoms with Gasteiger partial charge in [-0.2, -0.15) is 5.26 Å². The molecule has 1 atom stereocenters. The minimum absolute atomic E-state index is 0.245. The highest BCUT2D eigenvalue weighted by Gasteiger charge is 2.18.